The number of hydrogen-bond acceptors (Lipinski definition) is 2. The van der Waals surface area contributed by atoms with Crippen LogP contribution in [0.5, 0.6) is 0 Å². The zero-order valence-electron chi connectivity index (χ0n) is 8.89. The van der Waals surface area contributed by atoms with Crippen molar-refractivity contribution in [2.24, 2.45) is 0 Å². The van der Waals surface area contributed by atoms with Crippen LogP contribution in [0.2, 0.25) is 0 Å². The number of carbonyl (C=O) groups excluding carboxylic acids is 1. The van der Waals surface area contributed by atoms with Crippen LogP contribution in [0.15, 0.2) is 0 Å². The van der Waals surface area contributed by atoms with Crippen LogP contribution in [0.25, 0.3) is 0 Å². The van der Waals surface area contributed by atoms with Crippen molar-refractivity contribution in [3.8, 4) is 0 Å². The van der Waals surface area contributed by atoms with E-state index in [2.05, 4.69) is 22.9 Å². The van der Waals surface area contributed by atoms with Gasteiger partial charge in [-0.05, 0) is 27.2 Å². The fourth-order valence-electron chi connectivity index (χ4n) is 0.979. The van der Waals surface area contributed by atoms with Gasteiger partial charge in [-0.15, -0.1) is 0 Å². The van der Waals surface area contributed by atoms with Gasteiger partial charge in [-0.3, -0.25) is 4.79 Å². The summed E-state index contributed by atoms with van der Waals surface area (Å²) in [7, 11) is 0. The molecule has 0 aliphatic carbocycles. The minimum atomic E-state index is -0.365. The van der Waals surface area contributed by atoms with Crippen LogP contribution < -0.4 is 0 Å². The third kappa shape index (κ3) is 8.28. The number of carbonyl (C=O) groups is 1. The summed E-state index contributed by atoms with van der Waals surface area (Å²) in [4.78, 5) is 11.5. The van der Waals surface area contributed by atoms with E-state index in [0.717, 1.165) is 12.8 Å². The molecular formula is C10H19BrO2. The monoisotopic (exact) mass is 250 g/mol. The molecule has 1 atom stereocenters. The first-order valence-electron chi connectivity index (χ1n) is 4.71. The second-order valence-electron chi connectivity index (χ2n) is 4.18. The molecule has 2 nitrogen and oxygen atoms in total. The van der Waals surface area contributed by atoms with Crippen molar-refractivity contribution in [3.63, 3.8) is 0 Å². The predicted octanol–water partition coefficient (Wildman–Crippen LogP) is 3.28. The van der Waals surface area contributed by atoms with E-state index >= 15 is 0 Å². The minimum absolute atomic E-state index is 0.122. The van der Waals surface area contributed by atoms with E-state index in [-0.39, 0.29) is 16.4 Å². The molecule has 0 spiro atoms. The molecule has 0 fully saturated rings. The third-order valence-corrected chi connectivity index (χ3v) is 2.19. The Hall–Kier alpha value is -0.0500. The number of alkyl halides is 1. The van der Waals surface area contributed by atoms with E-state index in [9.17, 15) is 4.79 Å². The van der Waals surface area contributed by atoms with E-state index in [4.69, 9.17) is 4.74 Å². The highest BCUT2D eigenvalue weighted by molar-refractivity contribution is 9.09. The lowest BCUT2D eigenvalue weighted by atomic mass is 10.1. The van der Waals surface area contributed by atoms with E-state index in [1.165, 1.54) is 0 Å². The molecule has 3 heteroatoms. The number of rotatable bonds is 4. The normalized spacial score (nSPS) is 13.9. The lowest BCUT2D eigenvalue weighted by molar-refractivity contribution is -0.154. The maximum absolute atomic E-state index is 11.3. The van der Waals surface area contributed by atoms with Crippen molar-refractivity contribution in [3.05, 3.63) is 0 Å². The summed E-state index contributed by atoms with van der Waals surface area (Å²) >= 11 is 3.45. The number of ether oxygens (including phenoxy) is 1. The highest BCUT2D eigenvalue weighted by Gasteiger charge is 2.18. The van der Waals surface area contributed by atoms with E-state index in [1.54, 1.807) is 0 Å². The molecule has 0 amide bonds. The molecule has 0 radical (unpaired) electrons. The van der Waals surface area contributed by atoms with Crippen LogP contribution >= 0.6 is 15.9 Å². The molecule has 0 bridgehead atoms. The van der Waals surface area contributed by atoms with Gasteiger partial charge in [-0.1, -0.05) is 29.3 Å². The number of halogens is 1. The van der Waals surface area contributed by atoms with Gasteiger partial charge in [0, 0.05) is 4.83 Å². The van der Waals surface area contributed by atoms with Gasteiger partial charge in [0.1, 0.15) is 5.60 Å². The molecule has 0 saturated carbocycles. The van der Waals surface area contributed by atoms with Crippen LogP contribution in [-0.4, -0.2) is 16.4 Å². The van der Waals surface area contributed by atoms with Gasteiger partial charge in [0.25, 0.3) is 0 Å². The van der Waals surface area contributed by atoms with Crippen LogP contribution in [0.4, 0.5) is 0 Å². The lowest BCUT2D eigenvalue weighted by Crippen LogP contribution is -2.25. The van der Waals surface area contributed by atoms with Gasteiger partial charge in [0.2, 0.25) is 0 Å². The third-order valence-electron chi connectivity index (χ3n) is 1.41. The largest absolute Gasteiger partial charge is 0.460 e. The molecule has 0 saturated heterocycles. The van der Waals surface area contributed by atoms with Crippen LogP contribution in [0.3, 0.4) is 0 Å². The maximum Gasteiger partial charge on any atom is 0.307 e. The van der Waals surface area contributed by atoms with Crippen LogP contribution in [0, 0.1) is 0 Å². The summed E-state index contributed by atoms with van der Waals surface area (Å²) < 4.78 is 5.19. The molecule has 13 heavy (non-hydrogen) atoms. The van der Waals surface area contributed by atoms with Crippen LogP contribution in [0.1, 0.15) is 47.0 Å². The van der Waals surface area contributed by atoms with Gasteiger partial charge in [0.05, 0.1) is 6.42 Å². The minimum Gasteiger partial charge on any atom is -0.460 e. The van der Waals surface area contributed by atoms with Gasteiger partial charge < -0.3 is 4.74 Å². The van der Waals surface area contributed by atoms with Crippen molar-refractivity contribution in [2.75, 3.05) is 0 Å². The Morgan fingerprint density at radius 1 is 1.46 bits per heavy atom. The van der Waals surface area contributed by atoms with Crippen molar-refractivity contribution < 1.29 is 9.53 Å². The van der Waals surface area contributed by atoms with Gasteiger partial charge >= 0.3 is 5.97 Å². The zero-order valence-corrected chi connectivity index (χ0v) is 10.5. The Morgan fingerprint density at radius 2 is 2.00 bits per heavy atom. The molecule has 0 aromatic carbocycles. The first kappa shape index (κ1) is 12.9. The Labute approximate surface area is 89.2 Å². The molecule has 0 rings (SSSR count). The SMILES string of the molecule is CCCC(Br)CC(=O)OC(C)(C)C. The van der Waals surface area contributed by atoms with Crippen molar-refractivity contribution in [1.29, 1.82) is 0 Å². The van der Waals surface area contributed by atoms with Crippen molar-refractivity contribution >= 4 is 21.9 Å². The second-order valence-corrected chi connectivity index (χ2v) is 5.47. The first-order chi connectivity index (χ1) is 5.85. The smallest absolute Gasteiger partial charge is 0.307 e. The standard InChI is InChI=1S/C10H19BrO2/c1-5-6-8(11)7-9(12)13-10(2,3)4/h8H,5-7H2,1-4H3. The number of esters is 1. The summed E-state index contributed by atoms with van der Waals surface area (Å²) in [6, 6.07) is 0. The molecule has 0 aliphatic rings. The van der Waals surface area contributed by atoms with Crippen LogP contribution in [-0.2, 0) is 9.53 Å². The van der Waals surface area contributed by atoms with E-state index < -0.39 is 0 Å². The highest BCUT2D eigenvalue weighted by Crippen LogP contribution is 2.15. The fourth-order valence-corrected chi connectivity index (χ4v) is 1.70. The molecule has 0 aromatic heterocycles. The quantitative estimate of drug-likeness (QED) is 0.566. The molecule has 0 aromatic rings. The molecule has 0 N–H and O–H groups in total. The van der Waals surface area contributed by atoms with E-state index in [1.807, 2.05) is 20.8 Å². The zero-order chi connectivity index (χ0) is 10.5. The average Bonchev–Trinajstić information content (AvgIpc) is 1.81. The molecular weight excluding hydrogens is 232 g/mol. The highest BCUT2D eigenvalue weighted by atomic mass is 79.9. The fraction of sp³-hybridized carbons (Fsp3) is 0.900. The van der Waals surface area contributed by atoms with Crippen molar-refractivity contribution in [1.82, 2.24) is 0 Å². The Balaban J connectivity index is 3.74. The molecule has 0 aliphatic heterocycles. The lowest BCUT2D eigenvalue weighted by Gasteiger charge is -2.20. The summed E-state index contributed by atoms with van der Waals surface area (Å²) in [5.41, 5.74) is -0.365. The summed E-state index contributed by atoms with van der Waals surface area (Å²) in [6.45, 7) is 7.75. The summed E-state index contributed by atoms with van der Waals surface area (Å²) in [5, 5.41) is 0. The Morgan fingerprint density at radius 3 is 2.38 bits per heavy atom. The molecule has 1 unspecified atom stereocenters. The first-order valence-corrected chi connectivity index (χ1v) is 5.62. The molecule has 78 valence electrons. The number of hydrogen-bond donors (Lipinski definition) is 0. The van der Waals surface area contributed by atoms with E-state index in [0.29, 0.717) is 6.42 Å². The van der Waals surface area contributed by atoms with Gasteiger partial charge in [-0.25, -0.2) is 0 Å². The summed E-state index contributed by atoms with van der Waals surface area (Å²) in [5.74, 6) is -0.122. The van der Waals surface area contributed by atoms with Gasteiger partial charge in [-0.2, -0.15) is 0 Å². The predicted molar refractivity (Wildman–Crippen MR) is 58.1 cm³/mol. The second kappa shape index (κ2) is 5.63. The van der Waals surface area contributed by atoms with Gasteiger partial charge in [0.15, 0.2) is 0 Å². The Bertz CT molecular complexity index is 161. The average molecular weight is 251 g/mol. The maximum atomic E-state index is 11.3. The Kier molecular flexibility index (Phi) is 5.61. The summed E-state index contributed by atoms with van der Waals surface area (Å²) in [6.07, 6.45) is 2.56. The van der Waals surface area contributed by atoms with Crippen molar-refractivity contribution in [2.45, 2.75) is 57.4 Å². The molecule has 0 heterocycles. The topological polar surface area (TPSA) is 26.3 Å².